The Morgan fingerprint density at radius 2 is 1.85 bits per heavy atom. The summed E-state index contributed by atoms with van der Waals surface area (Å²) in [4.78, 5) is 56.3. The van der Waals surface area contributed by atoms with E-state index in [4.69, 9.17) is 20.4 Å². The number of aliphatic hydroxyl groups is 1. The Morgan fingerprint density at radius 3 is 2.39 bits per heavy atom. The molecule has 33 heavy (non-hydrogen) atoms. The van der Waals surface area contributed by atoms with Crippen LogP contribution in [0.5, 0.6) is 0 Å². The zero-order valence-electron chi connectivity index (χ0n) is 16.0. The summed E-state index contributed by atoms with van der Waals surface area (Å²) in [5, 5.41) is 10.1. The van der Waals surface area contributed by atoms with Gasteiger partial charge in [-0.05, 0) is 0 Å². The lowest BCUT2D eigenvalue weighted by atomic mass is 10.1. The maximum atomic E-state index is 15.0. The van der Waals surface area contributed by atoms with Gasteiger partial charge >= 0.3 is 23.5 Å². The number of methoxy groups -OCH3 is 1. The van der Waals surface area contributed by atoms with Gasteiger partial charge in [-0.3, -0.25) is 18.9 Å². The highest BCUT2D eigenvalue weighted by atomic mass is 31.3. The molecule has 0 aromatic carbocycles. The number of imidazole rings is 1. The molecule has 23 heteroatoms. The highest BCUT2D eigenvalue weighted by Gasteiger charge is 2.49. The number of nitrogens with two attached hydrogens (primary N) is 1. The van der Waals surface area contributed by atoms with Crippen molar-refractivity contribution in [2.45, 2.75) is 18.3 Å². The third kappa shape index (κ3) is 6.92. The fourth-order valence-corrected chi connectivity index (χ4v) is 5.25. The molecule has 2 unspecified atom stereocenters. The normalized spacial score (nSPS) is 20.0. The van der Waals surface area contributed by atoms with Gasteiger partial charge in [-0.2, -0.15) is 13.6 Å². The fourth-order valence-electron chi connectivity index (χ4n) is 2.22. The molecule has 0 aliphatic rings. The number of nitrogens with zero attached hydrogens (tertiary/aromatic N) is 3. The van der Waals surface area contributed by atoms with Crippen molar-refractivity contribution in [3.8, 4) is 0 Å². The lowest BCUT2D eigenvalue weighted by molar-refractivity contribution is -0.232. The average Bonchev–Trinajstić information content (AvgIpc) is 3.06. The highest BCUT2D eigenvalue weighted by Crippen LogP contribution is 2.66. The Labute approximate surface area is 180 Å². The molecule has 0 amide bonds. The number of aliphatic hydroxyl groups excluding tert-OH is 1. The molecule has 0 spiro atoms. The van der Waals surface area contributed by atoms with Crippen molar-refractivity contribution in [1.29, 1.82) is 0 Å². The van der Waals surface area contributed by atoms with Crippen LogP contribution in [0, 0.1) is 0 Å². The first-order chi connectivity index (χ1) is 14.9. The van der Waals surface area contributed by atoms with Gasteiger partial charge < -0.3 is 35.2 Å². The second-order valence-electron chi connectivity index (χ2n) is 5.95. The third-order valence-corrected chi connectivity index (χ3v) is 7.38. The van der Waals surface area contributed by atoms with Crippen LogP contribution in [-0.2, 0) is 31.6 Å². The van der Waals surface area contributed by atoms with E-state index in [0.717, 1.165) is 0 Å². The van der Waals surface area contributed by atoms with Gasteiger partial charge in [-0.25, -0.2) is 27.5 Å². The van der Waals surface area contributed by atoms with E-state index < -0.39 is 71.0 Å². The largest absolute Gasteiger partial charge is 0.490 e. The average molecular weight is 545 g/mol. The van der Waals surface area contributed by atoms with Crippen LogP contribution >= 0.6 is 23.5 Å². The molecule has 5 atom stereocenters. The summed E-state index contributed by atoms with van der Waals surface area (Å²) < 4.78 is 79.0. The molecule has 2 aromatic rings. The van der Waals surface area contributed by atoms with Gasteiger partial charge in [0.1, 0.15) is 6.61 Å². The Morgan fingerprint density at radius 1 is 1.24 bits per heavy atom. The lowest BCUT2D eigenvalue weighted by Gasteiger charge is -2.31. The van der Waals surface area contributed by atoms with Gasteiger partial charge in [0.05, 0.1) is 6.33 Å². The first-order valence-corrected chi connectivity index (χ1v) is 12.5. The molecule has 8 N–H and O–H groups in total. The predicted molar refractivity (Wildman–Crippen MR) is 99.4 cm³/mol. The second kappa shape index (κ2) is 9.53. The summed E-state index contributed by atoms with van der Waals surface area (Å²) in [7, 11) is -16.8. The van der Waals surface area contributed by atoms with E-state index in [0.29, 0.717) is 18.0 Å². The van der Waals surface area contributed by atoms with Crippen molar-refractivity contribution >= 4 is 40.6 Å². The van der Waals surface area contributed by atoms with Gasteiger partial charge in [-0.1, -0.05) is 0 Å². The van der Waals surface area contributed by atoms with Crippen LogP contribution < -0.4 is 11.3 Å². The number of hydrogen-bond acceptors (Lipinski definition) is 12. The Balaban J connectivity index is 2.22. The summed E-state index contributed by atoms with van der Waals surface area (Å²) in [5.41, 5.74) is 3.50. The number of anilines is 1. The van der Waals surface area contributed by atoms with Gasteiger partial charge in [-0.15, -0.1) is 0 Å². The first-order valence-electron chi connectivity index (χ1n) is 7.96. The molecule has 0 aliphatic carbocycles. The number of alkyl halides is 2. The van der Waals surface area contributed by atoms with E-state index in [1.165, 1.54) is 0 Å². The van der Waals surface area contributed by atoms with Gasteiger partial charge in [0.25, 0.3) is 11.4 Å². The van der Waals surface area contributed by atoms with Crippen LogP contribution in [0.3, 0.4) is 0 Å². The lowest BCUT2D eigenvalue weighted by Crippen LogP contribution is -2.47. The maximum Gasteiger partial charge on any atom is 0.490 e. The van der Waals surface area contributed by atoms with Crippen molar-refractivity contribution in [2.75, 3.05) is 19.5 Å². The van der Waals surface area contributed by atoms with Crippen LogP contribution in [-0.4, -0.2) is 69.9 Å². The van der Waals surface area contributed by atoms with Gasteiger partial charge in [0, 0.05) is 7.11 Å². The zero-order valence-corrected chi connectivity index (χ0v) is 18.6. The smallest absolute Gasteiger partial charge is 0.382 e. The van der Waals surface area contributed by atoms with E-state index in [2.05, 4.69) is 32.8 Å². The quantitative estimate of drug-likeness (QED) is 0.170. The number of ether oxygens (including phenoxy) is 1. The minimum atomic E-state index is -5.91. The van der Waals surface area contributed by atoms with Crippen molar-refractivity contribution in [2.24, 2.45) is 0 Å². The predicted octanol–water partition coefficient (Wildman–Crippen LogP) is -0.814. The topological polar surface area (TPSA) is 279 Å². The van der Waals surface area contributed by atoms with E-state index in [1.54, 1.807) is 0 Å². The van der Waals surface area contributed by atoms with Crippen LogP contribution in [0.1, 0.15) is 6.30 Å². The van der Waals surface area contributed by atoms with Crippen molar-refractivity contribution in [1.82, 2.24) is 19.5 Å². The summed E-state index contributed by atoms with van der Waals surface area (Å²) in [6.07, 6.45) is -5.05. The minimum absolute atomic E-state index is 0.379. The van der Waals surface area contributed by atoms with Crippen molar-refractivity contribution in [3.05, 3.63) is 16.7 Å². The fraction of sp³-hybridized carbons (Fsp3) is 0.500. The number of halogens is 2. The number of H-pyrrole nitrogens is 1. The number of nitrogen functional groups attached to an aromatic ring is 1. The van der Waals surface area contributed by atoms with Crippen molar-refractivity contribution in [3.63, 3.8) is 0 Å². The molecule has 0 aliphatic heterocycles. The summed E-state index contributed by atoms with van der Waals surface area (Å²) >= 11 is 0. The molecule has 2 rings (SSSR count). The van der Waals surface area contributed by atoms with Crippen molar-refractivity contribution < 1.29 is 65.0 Å². The Bertz CT molecular complexity index is 1220. The molecule has 18 nitrogen and oxygen atoms in total. The second-order valence-corrected chi connectivity index (χ2v) is 10.4. The molecule has 2 heterocycles. The Kier molecular flexibility index (Phi) is 7.97. The molecule has 2 aromatic heterocycles. The molecule has 0 fully saturated rings. The highest BCUT2D eigenvalue weighted by molar-refractivity contribution is 7.66. The number of rotatable bonds is 11. The van der Waals surface area contributed by atoms with Gasteiger partial charge in [0.15, 0.2) is 17.3 Å². The number of nitrogens with one attached hydrogen (secondary N) is 1. The standard InChI is InChI=1S/C10H16F2N5O13P3/c1-27-10(12,2-28-32(23,24)30-33(25,26)29-31(20,21)22)5(18)6(11)17-3-14-4-7(17)15-9(13)16-8(4)19/h3,5-6,18H,2H2,1H3,(H,23,24)(H,25,26)(H2,20,21,22)(H3,13,15,16,19)/t5-,6-,10+/m0/s1. The molecule has 0 radical (unpaired) electrons. The SMILES string of the molecule is CO[C@](F)(COP(=O)(O)OP(=O)(O)OP(=O)(O)O)[C@@H](O)[C@@H](F)n1cnc2c(=O)[nH]c(N)nc21. The van der Waals surface area contributed by atoms with E-state index >= 15 is 0 Å². The van der Waals surface area contributed by atoms with E-state index in [-0.39, 0.29) is 0 Å². The zero-order chi connectivity index (χ0) is 25.4. The number of aromatic amines is 1. The number of hydrogen-bond donors (Lipinski definition) is 7. The summed E-state index contributed by atoms with van der Waals surface area (Å²) in [5.74, 6) is -4.13. The molecule has 0 bridgehead atoms. The summed E-state index contributed by atoms with van der Waals surface area (Å²) in [6.45, 7) is -1.84. The monoisotopic (exact) mass is 545 g/mol. The van der Waals surface area contributed by atoms with Gasteiger partial charge in [0.2, 0.25) is 12.2 Å². The third-order valence-electron chi connectivity index (χ3n) is 3.60. The molecule has 188 valence electrons. The van der Waals surface area contributed by atoms with Crippen LogP contribution in [0.2, 0.25) is 0 Å². The number of aromatic nitrogens is 4. The Hall–Kier alpha value is -1.66. The minimum Gasteiger partial charge on any atom is -0.382 e. The van der Waals surface area contributed by atoms with Crippen LogP contribution in [0.15, 0.2) is 11.1 Å². The molecule has 0 saturated heterocycles. The number of fused-ring (bicyclic) bond motifs is 1. The van der Waals surface area contributed by atoms with Crippen LogP contribution in [0.25, 0.3) is 11.2 Å². The first kappa shape index (κ1) is 27.6. The number of phosphoric ester groups is 1. The number of phosphoric acid groups is 3. The molecule has 0 saturated carbocycles. The summed E-state index contributed by atoms with van der Waals surface area (Å²) in [6, 6.07) is 0. The molecular weight excluding hydrogens is 529 g/mol. The van der Waals surface area contributed by atoms with E-state index in [1.807, 2.05) is 0 Å². The maximum absolute atomic E-state index is 15.0. The van der Waals surface area contributed by atoms with E-state index in [9.17, 15) is 37.3 Å². The van der Waals surface area contributed by atoms with Crippen LogP contribution in [0.4, 0.5) is 14.7 Å². The molecular formula is C10H16F2N5O13P3.